The van der Waals surface area contributed by atoms with Crippen molar-refractivity contribution in [2.45, 2.75) is 39.7 Å². The Kier molecular flexibility index (Phi) is 4.01. The van der Waals surface area contributed by atoms with E-state index in [4.69, 9.17) is 4.74 Å². The highest BCUT2D eigenvalue weighted by atomic mass is 16.5. The molecule has 1 aromatic rings. The van der Waals surface area contributed by atoms with Crippen molar-refractivity contribution in [1.82, 2.24) is 0 Å². The Hall–Kier alpha value is -1.18. The second kappa shape index (κ2) is 5.06. The van der Waals surface area contributed by atoms with Crippen LogP contribution in [-0.2, 0) is 0 Å². The molecule has 0 aliphatic carbocycles. The zero-order chi connectivity index (χ0) is 11.3. The van der Waals surface area contributed by atoms with Gasteiger partial charge in [-0.3, -0.25) is 0 Å². The van der Waals surface area contributed by atoms with E-state index in [2.05, 4.69) is 25.2 Å². The molecule has 1 aliphatic heterocycles. The molecule has 15 heavy (non-hydrogen) atoms. The molecule has 0 atom stereocenters. The van der Waals surface area contributed by atoms with Gasteiger partial charge >= 0.3 is 0 Å². The van der Waals surface area contributed by atoms with Crippen LogP contribution >= 0.6 is 0 Å². The first kappa shape index (κ1) is 11.9. The number of benzene rings is 1. The predicted molar refractivity (Wildman–Crippen MR) is 65.6 cm³/mol. The van der Waals surface area contributed by atoms with Crippen molar-refractivity contribution in [2.24, 2.45) is 0 Å². The number of fused-ring (bicyclic) bond motifs is 1. The Labute approximate surface area is 92.6 Å². The van der Waals surface area contributed by atoms with Crippen LogP contribution in [0.1, 0.15) is 34.1 Å². The largest absolute Gasteiger partial charge is 0.486 e. The zero-order valence-electron chi connectivity index (χ0n) is 10.1. The summed E-state index contributed by atoms with van der Waals surface area (Å²) < 4.78 is 5.88. The zero-order valence-corrected chi connectivity index (χ0v) is 10.1. The van der Waals surface area contributed by atoms with Crippen molar-refractivity contribution in [3.8, 4) is 5.75 Å². The summed E-state index contributed by atoms with van der Waals surface area (Å²) in [5, 5.41) is 3.36. The van der Waals surface area contributed by atoms with Gasteiger partial charge in [0.25, 0.3) is 0 Å². The van der Waals surface area contributed by atoms with Crippen LogP contribution < -0.4 is 10.1 Å². The minimum atomic E-state index is -0.0559. The van der Waals surface area contributed by atoms with Crippen LogP contribution in [0.3, 0.4) is 0 Å². The maximum Gasteiger partial charge on any atom is 0.143 e. The van der Waals surface area contributed by atoms with Crippen molar-refractivity contribution >= 4 is 5.69 Å². The molecule has 0 unspecified atom stereocenters. The Balaban J connectivity index is 0.000000531. The first-order chi connectivity index (χ1) is 7.17. The smallest absolute Gasteiger partial charge is 0.143 e. The number of rotatable bonds is 0. The summed E-state index contributed by atoms with van der Waals surface area (Å²) in [6.07, 6.45) is 1.03. The Morgan fingerprint density at radius 1 is 1.20 bits per heavy atom. The van der Waals surface area contributed by atoms with Crippen molar-refractivity contribution in [2.75, 3.05) is 11.9 Å². The molecule has 1 aromatic carbocycles. The van der Waals surface area contributed by atoms with Gasteiger partial charge in [-0.2, -0.15) is 0 Å². The lowest BCUT2D eigenvalue weighted by Gasteiger charge is -2.23. The lowest BCUT2D eigenvalue weighted by Crippen LogP contribution is -2.28. The second-order valence-corrected chi connectivity index (χ2v) is 4.03. The summed E-state index contributed by atoms with van der Waals surface area (Å²) in [5.41, 5.74) is 1.05. The topological polar surface area (TPSA) is 21.3 Å². The van der Waals surface area contributed by atoms with E-state index in [0.717, 1.165) is 24.4 Å². The third kappa shape index (κ3) is 3.15. The highest BCUT2D eigenvalue weighted by Gasteiger charge is 2.23. The Morgan fingerprint density at radius 2 is 1.87 bits per heavy atom. The second-order valence-electron chi connectivity index (χ2n) is 4.03. The van der Waals surface area contributed by atoms with Gasteiger partial charge in [-0.25, -0.2) is 0 Å². The molecule has 0 bridgehead atoms. The van der Waals surface area contributed by atoms with E-state index in [9.17, 15) is 0 Å². The molecule has 0 saturated carbocycles. The summed E-state index contributed by atoms with van der Waals surface area (Å²) in [6, 6.07) is 8.08. The van der Waals surface area contributed by atoms with Gasteiger partial charge in [0.2, 0.25) is 0 Å². The molecule has 1 heterocycles. The summed E-state index contributed by atoms with van der Waals surface area (Å²) in [4.78, 5) is 0. The molecule has 1 N–H and O–H groups in total. The first-order valence-corrected chi connectivity index (χ1v) is 5.69. The standard InChI is InChI=1S/C11H15NO.C2H6/c1-11(2)7-8-12-9-5-3-4-6-10(9)13-11;1-2/h3-6,12H,7-8H2,1-2H3;1-2H3. The van der Waals surface area contributed by atoms with Crippen molar-refractivity contribution < 1.29 is 4.74 Å². The van der Waals surface area contributed by atoms with Crippen LogP contribution in [0.2, 0.25) is 0 Å². The molecular weight excluding hydrogens is 186 g/mol. The summed E-state index contributed by atoms with van der Waals surface area (Å²) in [6.45, 7) is 9.22. The van der Waals surface area contributed by atoms with E-state index in [-0.39, 0.29) is 5.60 Å². The van der Waals surface area contributed by atoms with Gasteiger partial charge in [0.05, 0.1) is 5.69 Å². The van der Waals surface area contributed by atoms with Gasteiger partial charge < -0.3 is 10.1 Å². The van der Waals surface area contributed by atoms with E-state index in [1.54, 1.807) is 0 Å². The molecular formula is C13H21NO. The number of nitrogens with one attached hydrogen (secondary N) is 1. The van der Waals surface area contributed by atoms with E-state index in [1.807, 2.05) is 32.0 Å². The van der Waals surface area contributed by atoms with E-state index in [1.165, 1.54) is 0 Å². The number of anilines is 1. The van der Waals surface area contributed by atoms with Crippen LogP contribution in [0.5, 0.6) is 5.75 Å². The maximum absolute atomic E-state index is 5.88. The Bertz CT molecular complexity index is 307. The quantitative estimate of drug-likeness (QED) is 0.700. The lowest BCUT2D eigenvalue weighted by atomic mass is 10.1. The number of hydrogen-bond donors (Lipinski definition) is 1. The van der Waals surface area contributed by atoms with Gasteiger partial charge in [0, 0.05) is 13.0 Å². The normalized spacial score (nSPS) is 17.1. The van der Waals surface area contributed by atoms with Gasteiger partial charge in [-0.05, 0) is 26.0 Å². The van der Waals surface area contributed by atoms with Gasteiger partial charge in [0.15, 0.2) is 0 Å². The molecule has 0 aromatic heterocycles. The molecule has 0 amide bonds. The van der Waals surface area contributed by atoms with E-state index >= 15 is 0 Å². The molecule has 0 radical (unpaired) electrons. The molecule has 2 rings (SSSR count). The molecule has 84 valence electrons. The summed E-state index contributed by atoms with van der Waals surface area (Å²) >= 11 is 0. The van der Waals surface area contributed by atoms with Crippen LogP contribution in [0.15, 0.2) is 24.3 Å². The summed E-state index contributed by atoms with van der Waals surface area (Å²) in [7, 11) is 0. The fourth-order valence-corrected chi connectivity index (χ4v) is 1.55. The van der Waals surface area contributed by atoms with Crippen LogP contribution in [0, 0.1) is 0 Å². The SMILES string of the molecule is CC.CC1(C)CCNc2ccccc2O1. The van der Waals surface area contributed by atoms with Crippen LogP contribution in [0.4, 0.5) is 5.69 Å². The fourth-order valence-electron chi connectivity index (χ4n) is 1.55. The molecule has 2 heteroatoms. The molecule has 2 nitrogen and oxygen atoms in total. The predicted octanol–water partition coefficient (Wildman–Crippen LogP) is 3.69. The third-order valence-electron chi connectivity index (χ3n) is 2.32. The van der Waals surface area contributed by atoms with E-state index < -0.39 is 0 Å². The molecule has 0 spiro atoms. The molecule has 0 fully saturated rings. The van der Waals surface area contributed by atoms with Gasteiger partial charge in [-0.15, -0.1) is 0 Å². The third-order valence-corrected chi connectivity index (χ3v) is 2.32. The highest BCUT2D eigenvalue weighted by molar-refractivity contribution is 5.56. The minimum absolute atomic E-state index is 0.0559. The number of hydrogen-bond acceptors (Lipinski definition) is 2. The highest BCUT2D eigenvalue weighted by Crippen LogP contribution is 2.31. The van der Waals surface area contributed by atoms with E-state index in [0.29, 0.717) is 0 Å². The van der Waals surface area contributed by atoms with Crippen molar-refractivity contribution in [3.05, 3.63) is 24.3 Å². The van der Waals surface area contributed by atoms with Crippen LogP contribution in [-0.4, -0.2) is 12.1 Å². The van der Waals surface area contributed by atoms with Crippen molar-refractivity contribution in [1.29, 1.82) is 0 Å². The Morgan fingerprint density at radius 3 is 2.60 bits per heavy atom. The minimum Gasteiger partial charge on any atom is -0.486 e. The maximum atomic E-state index is 5.88. The average Bonchev–Trinajstić information content (AvgIpc) is 2.37. The van der Waals surface area contributed by atoms with Gasteiger partial charge in [-0.1, -0.05) is 26.0 Å². The fraction of sp³-hybridized carbons (Fsp3) is 0.538. The first-order valence-electron chi connectivity index (χ1n) is 5.69. The molecule has 0 saturated heterocycles. The monoisotopic (exact) mass is 207 g/mol. The lowest BCUT2D eigenvalue weighted by molar-refractivity contribution is 0.108. The average molecular weight is 207 g/mol. The molecule has 1 aliphatic rings. The number of ether oxygens (including phenoxy) is 1. The van der Waals surface area contributed by atoms with Crippen molar-refractivity contribution in [3.63, 3.8) is 0 Å². The number of para-hydroxylation sites is 2. The van der Waals surface area contributed by atoms with Gasteiger partial charge in [0.1, 0.15) is 11.4 Å². The van der Waals surface area contributed by atoms with Crippen LogP contribution in [0.25, 0.3) is 0 Å². The summed E-state index contributed by atoms with van der Waals surface area (Å²) in [5.74, 6) is 0.963.